The average molecular weight is 378 g/mol. The van der Waals surface area contributed by atoms with Crippen LogP contribution in [0.5, 0.6) is 0 Å². The summed E-state index contributed by atoms with van der Waals surface area (Å²) < 4.78 is 4.92. The molecule has 0 heterocycles. The van der Waals surface area contributed by atoms with Crippen LogP contribution in [-0.4, -0.2) is 18.5 Å². The Kier molecular flexibility index (Phi) is 7.04. The number of benzene rings is 2. The zero-order valence-corrected chi connectivity index (χ0v) is 15.1. The molecule has 0 aromatic heterocycles. The Morgan fingerprint density at radius 1 is 1.12 bits per heavy atom. The first-order chi connectivity index (χ1) is 12.0. The first-order valence-corrected chi connectivity index (χ1v) is 8.35. The van der Waals surface area contributed by atoms with Crippen molar-refractivity contribution in [3.8, 4) is 0 Å². The zero-order valence-electron chi connectivity index (χ0n) is 13.5. The zero-order chi connectivity index (χ0) is 18.2. The third-order valence-electron chi connectivity index (χ3n) is 3.38. The fourth-order valence-corrected chi connectivity index (χ4v) is 2.38. The molecule has 0 aliphatic heterocycles. The van der Waals surface area contributed by atoms with Crippen molar-refractivity contribution in [3.05, 3.63) is 75.8 Å². The van der Waals surface area contributed by atoms with Crippen LogP contribution in [0.25, 0.3) is 6.08 Å². The van der Waals surface area contributed by atoms with E-state index in [1.54, 1.807) is 18.2 Å². The molecule has 6 heteroatoms. The van der Waals surface area contributed by atoms with Gasteiger partial charge < -0.3 is 10.1 Å². The molecule has 1 unspecified atom stereocenters. The van der Waals surface area contributed by atoms with Gasteiger partial charge in [0.2, 0.25) is 0 Å². The lowest BCUT2D eigenvalue weighted by Crippen LogP contribution is -2.30. The monoisotopic (exact) mass is 377 g/mol. The standard InChI is InChI=1S/C19H17Cl2NO3/c1-13(15-5-3-2-4-6-15)22-18(23)12-25-19(24)10-8-14-7-9-16(20)17(21)11-14/h2-11,13H,12H2,1H3,(H,22,23)/b10-8+. The Hall–Kier alpha value is -2.30. The summed E-state index contributed by atoms with van der Waals surface area (Å²) in [5.41, 5.74) is 1.68. The van der Waals surface area contributed by atoms with Crippen LogP contribution in [0.1, 0.15) is 24.1 Å². The molecule has 0 aliphatic rings. The molecule has 0 saturated carbocycles. The highest BCUT2D eigenvalue weighted by molar-refractivity contribution is 6.42. The van der Waals surface area contributed by atoms with E-state index in [-0.39, 0.29) is 18.6 Å². The minimum atomic E-state index is -0.617. The lowest BCUT2D eigenvalue weighted by molar-refractivity contribution is -0.144. The van der Waals surface area contributed by atoms with E-state index in [4.69, 9.17) is 27.9 Å². The fourth-order valence-electron chi connectivity index (χ4n) is 2.07. The highest BCUT2D eigenvalue weighted by Gasteiger charge is 2.10. The fraction of sp³-hybridized carbons (Fsp3) is 0.158. The molecule has 0 radical (unpaired) electrons. The summed E-state index contributed by atoms with van der Waals surface area (Å²) in [4.78, 5) is 23.5. The molecule has 0 spiro atoms. The van der Waals surface area contributed by atoms with Crippen LogP contribution in [0.2, 0.25) is 10.0 Å². The Bertz CT molecular complexity index is 775. The molecular formula is C19H17Cl2NO3. The van der Waals surface area contributed by atoms with Gasteiger partial charge in [0.25, 0.3) is 5.91 Å². The number of nitrogens with one attached hydrogen (secondary N) is 1. The summed E-state index contributed by atoms with van der Waals surface area (Å²) in [7, 11) is 0. The van der Waals surface area contributed by atoms with Crippen molar-refractivity contribution in [3.63, 3.8) is 0 Å². The van der Waals surface area contributed by atoms with Gasteiger partial charge in [-0.05, 0) is 36.3 Å². The van der Waals surface area contributed by atoms with Gasteiger partial charge in [0.05, 0.1) is 16.1 Å². The molecule has 130 valence electrons. The molecule has 0 fully saturated rings. The van der Waals surface area contributed by atoms with Crippen molar-refractivity contribution in [2.75, 3.05) is 6.61 Å². The Morgan fingerprint density at radius 2 is 1.84 bits per heavy atom. The quantitative estimate of drug-likeness (QED) is 0.598. The highest BCUT2D eigenvalue weighted by Crippen LogP contribution is 2.23. The number of hydrogen-bond donors (Lipinski definition) is 1. The van der Waals surface area contributed by atoms with E-state index in [1.807, 2.05) is 37.3 Å². The number of carbonyl (C=O) groups excluding carboxylic acids is 2. The number of ether oxygens (including phenoxy) is 1. The number of esters is 1. The summed E-state index contributed by atoms with van der Waals surface area (Å²) in [6, 6.07) is 14.3. The smallest absolute Gasteiger partial charge is 0.331 e. The summed E-state index contributed by atoms with van der Waals surface area (Å²) in [5.74, 6) is -0.985. The van der Waals surface area contributed by atoms with Crippen LogP contribution in [0, 0.1) is 0 Å². The molecule has 0 aliphatic carbocycles. The normalized spacial score (nSPS) is 12.0. The van der Waals surface area contributed by atoms with E-state index < -0.39 is 5.97 Å². The lowest BCUT2D eigenvalue weighted by Gasteiger charge is -2.13. The average Bonchev–Trinajstić information content (AvgIpc) is 2.61. The maximum absolute atomic E-state index is 11.8. The predicted octanol–water partition coefficient (Wildman–Crippen LogP) is 4.43. The molecule has 25 heavy (non-hydrogen) atoms. The molecule has 2 aromatic carbocycles. The molecule has 0 bridgehead atoms. The second kappa shape index (κ2) is 9.25. The number of carbonyl (C=O) groups is 2. The molecule has 1 amide bonds. The summed E-state index contributed by atoms with van der Waals surface area (Å²) in [5, 5.41) is 3.60. The summed E-state index contributed by atoms with van der Waals surface area (Å²) in [6.07, 6.45) is 2.77. The molecule has 2 rings (SSSR count). The van der Waals surface area contributed by atoms with Gasteiger partial charge in [-0.15, -0.1) is 0 Å². The van der Waals surface area contributed by atoms with Crippen LogP contribution in [0.15, 0.2) is 54.6 Å². The maximum Gasteiger partial charge on any atom is 0.331 e. The third-order valence-corrected chi connectivity index (χ3v) is 4.12. The van der Waals surface area contributed by atoms with Crippen molar-refractivity contribution >= 4 is 41.2 Å². The Labute approximate surface area is 156 Å². The van der Waals surface area contributed by atoms with Gasteiger partial charge in [-0.3, -0.25) is 4.79 Å². The maximum atomic E-state index is 11.8. The van der Waals surface area contributed by atoms with Crippen LogP contribution in [-0.2, 0) is 14.3 Å². The Balaban J connectivity index is 1.80. The van der Waals surface area contributed by atoms with E-state index in [0.29, 0.717) is 15.6 Å². The largest absolute Gasteiger partial charge is 0.452 e. The first kappa shape index (κ1) is 19.0. The topological polar surface area (TPSA) is 55.4 Å². The van der Waals surface area contributed by atoms with Gasteiger partial charge in [0, 0.05) is 6.08 Å². The van der Waals surface area contributed by atoms with Crippen LogP contribution in [0.3, 0.4) is 0 Å². The van der Waals surface area contributed by atoms with Crippen LogP contribution < -0.4 is 5.32 Å². The molecule has 2 aromatic rings. The summed E-state index contributed by atoms with van der Waals surface area (Å²) in [6.45, 7) is 1.51. The first-order valence-electron chi connectivity index (χ1n) is 7.60. The molecule has 1 N–H and O–H groups in total. The van der Waals surface area contributed by atoms with Crippen LogP contribution >= 0.6 is 23.2 Å². The molecular weight excluding hydrogens is 361 g/mol. The van der Waals surface area contributed by atoms with Gasteiger partial charge in [-0.25, -0.2) is 4.79 Å². The van der Waals surface area contributed by atoms with Gasteiger partial charge in [0.1, 0.15) is 0 Å². The Morgan fingerprint density at radius 3 is 2.52 bits per heavy atom. The molecule has 4 nitrogen and oxygen atoms in total. The number of hydrogen-bond acceptors (Lipinski definition) is 3. The van der Waals surface area contributed by atoms with E-state index in [1.165, 1.54) is 12.2 Å². The van der Waals surface area contributed by atoms with E-state index in [9.17, 15) is 9.59 Å². The SMILES string of the molecule is CC(NC(=O)COC(=O)/C=C/c1ccc(Cl)c(Cl)c1)c1ccccc1. The second-order valence-electron chi connectivity index (χ2n) is 5.31. The number of halogens is 2. The van der Waals surface area contributed by atoms with E-state index in [0.717, 1.165) is 5.56 Å². The van der Waals surface area contributed by atoms with Crippen molar-refractivity contribution in [1.82, 2.24) is 5.32 Å². The van der Waals surface area contributed by atoms with Gasteiger partial charge >= 0.3 is 5.97 Å². The predicted molar refractivity (Wildman–Crippen MR) is 99.5 cm³/mol. The van der Waals surface area contributed by atoms with Crippen molar-refractivity contribution in [2.24, 2.45) is 0 Å². The van der Waals surface area contributed by atoms with Gasteiger partial charge in [-0.1, -0.05) is 59.6 Å². The van der Waals surface area contributed by atoms with Crippen molar-refractivity contribution < 1.29 is 14.3 Å². The molecule has 0 saturated heterocycles. The second-order valence-corrected chi connectivity index (χ2v) is 6.13. The summed E-state index contributed by atoms with van der Waals surface area (Å²) >= 11 is 11.7. The number of amides is 1. The minimum absolute atomic E-state index is 0.167. The van der Waals surface area contributed by atoms with E-state index in [2.05, 4.69) is 5.32 Å². The van der Waals surface area contributed by atoms with Crippen LogP contribution in [0.4, 0.5) is 0 Å². The molecule has 1 atom stereocenters. The van der Waals surface area contributed by atoms with Gasteiger partial charge in [0.15, 0.2) is 6.61 Å². The highest BCUT2D eigenvalue weighted by atomic mass is 35.5. The number of rotatable bonds is 6. The third kappa shape index (κ3) is 6.25. The lowest BCUT2D eigenvalue weighted by atomic mass is 10.1. The van der Waals surface area contributed by atoms with Crippen molar-refractivity contribution in [2.45, 2.75) is 13.0 Å². The van der Waals surface area contributed by atoms with Crippen molar-refractivity contribution in [1.29, 1.82) is 0 Å². The van der Waals surface area contributed by atoms with Gasteiger partial charge in [-0.2, -0.15) is 0 Å². The minimum Gasteiger partial charge on any atom is -0.452 e. The van der Waals surface area contributed by atoms with E-state index >= 15 is 0 Å².